The molecule has 0 amide bonds. The first kappa shape index (κ1) is 16.3. The van der Waals surface area contributed by atoms with Crippen LogP contribution in [0.5, 0.6) is 0 Å². The van der Waals surface area contributed by atoms with Crippen molar-refractivity contribution in [2.75, 3.05) is 13.2 Å². The van der Waals surface area contributed by atoms with E-state index in [0.717, 1.165) is 50.7 Å². The lowest BCUT2D eigenvalue weighted by atomic mass is 9.86. The maximum Gasteiger partial charge on any atom is 0.157 e. The Morgan fingerprint density at radius 1 is 1.05 bits per heavy atom. The molecule has 1 aliphatic carbocycles. The summed E-state index contributed by atoms with van der Waals surface area (Å²) >= 11 is 0. The summed E-state index contributed by atoms with van der Waals surface area (Å²) in [4.78, 5) is 0. The van der Waals surface area contributed by atoms with Crippen LogP contribution in [0.15, 0.2) is 0 Å². The summed E-state index contributed by atoms with van der Waals surface area (Å²) in [6, 6.07) is 0. The van der Waals surface area contributed by atoms with E-state index >= 15 is 0 Å². The van der Waals surface area contributed by atoms with Gasteiger partial charge >= 0.3 is 0 Å². The fourth-order valence-corrected chi connectivity index (χ4v) is 4.00. The molecule has 118 valence electrons. The van der Waals surface area contributed by atoms with Crippen molar-refractivity contribution in [3.63, 3.8) is 0 Å². The van der Waals surface area contributed by atoms with Gasteiger partial charge in [-0.15, -0.1) is 0 Å². The van der Waals surface area contributed by atoms with Crippen LogP contribution >= 0.6 is 0 Å². The number of unbranched alkanes of at least 4 members (excludes halogenated alkanes) is 1. The van der Waals surface area contributed by atoms with Gasteiger partial charge in [0.05, 0.1) is 19.3 Å². The fraction of sp³-hybridized carbons (Fsp3) is 1.00. The quantitative estimate of drug-likeness (QED) is 0.690. The lowest BCUT2D eigenvalue weighted by Crippen LogP contribution is -2.23. The molecular weight excluding hydrogens is 252 g/mol. The first-order valence-corrected chi connectivity index (χ1v) is 8.65. The zero-order chi connectivity index (χ0) is 14.4. The van der Waals surface area contributed by atoms with Crippen LogP contribution in [0.4, 0.5) is 0 Å². The molecule has 1 N–H and O–H groups in total. The number of aliphatic hydroxyl groups excluding tert-OH is 1. The monoisotopic (exact) mass is 284 g/mol. The number of hydrogen-bond acceptors (Lipinski definition) is 3. The lowest BCUT2D eigenvalue weighted by Gasteiger charge is -2.24. The van der Waals surface area contributed by atoms with E-state index in [1.165, 1.54) is 25.7 Å². The molecule has 3 heteroatoms. The van der Waals surface area contributed by atoms with Crippen molar-refractivity contribution in [3.05, 3.63) is 0 Å². The SMILES string of the molecule is CCC1CC(CC)C(C(O)CCCCC2OCCO2)C1. The standard InChI is InChI=1S/C17H32O3/c1-3-13-11-14(4-2)15(12-13)16(18)7-5-6-8-17-19-9-10-20-17/h13-18H,3-12H2,1-2H3. The highest BCUT2D eigenvalue weighted by Gasteiger charge is 2.36. The third-order valence-electron chi connectivity index (χ3n) is 5.32. The molecule has 20 heavy (non-hydrogen) atoms. The van der Waals surface area contributed by atoms with Crippen LogP contribution in [-0.2, 0) is 9.47 Å². The zero-order valence-corrected chi connectivity index (χ0v) is 13.2. The highest BCUT2D eigenvalue weighted by Crippen LogP contribution is 2.42. The maximum absolute atomic E-state index is 10.5. The fourth-order valence-electron chi connectivity index (χ4n) is 4.00. The van der Waals surface area contributed by atoms with Gasteiger partial charge in [-0.05, 0) is 49.9 Å². The maximum atomic E-state index is 10.5. The molecule has 0 spiro atoms. The van der Waals surface area contributed by atoms with Gasteiger partial charge in [0.1, 0.15) is 0 Å². The summed E-state index contributed by atoms with van der Waals surface area (Å²) in [5.74, 6) is 2.14. The zero-order valence-electron chi connectivity index (χ0n) is 13.2. The molecule has 4 atom stereocenters. The minimum absolute atomic E-state index is 0.0199. The van der Waals surface area contributed by atoms with Crippen molar-refractivity contribution in [2.24, 2.45) is 17.8 Å². The third kappa shape index (κ3) is 4.44. The molecule has 4 unspecified atom stereocenters. The number of ether oxygens (including phenoxy) is 2. The summed E-state index contributed by atoms with van der Waals surface area (Å²) in [6.45, 7) is 6.04. The Balaban J connectivity index is 1.64. The van der Waals surface area contributed by atoms with E-state index < -0.39 is 0 Å². The Morgan fingerprint density at radius 2 is 1.80 bits per heavy atom. The molecule has 1 aliphatic heterocycles. The van der Waals surface area contributed by atoms with Crippen LogP contribution in [0.1, 0.15) is 65.2 Å². The predicted molar refractivity (Wildman–Crippen MR) is 80.5 cm³/mol. The van der Waals surface area contributed by atoms with Crippen LogP contribution in [0.3, 0.4) is 0 Å². The van der Waals surface area contributed by atoms with E-state index in [1.807, 2.05) is 0 Å². The van der Waals surface area contributed by atoms with Gasteiger partial charge in [-0.3, -0.25) is 0 Å². The molecule has 2 fully saturated rings. The van der Waals surface area contributed by atoms with Crippen molar-refractivity contribution >= 4 is 0 Å². The molecule has 1 heterocycles. The molecule has 0 aromatic rings. The van der Waals surface area contributed by atoms with Crippen molar-refractivity contribution in [1.29, 1.82) is 0 Å². The third-order valence-corrected chi connectivity index (χ3v) is 5.32. The van der Waals surface area contributed by atoms with Gasteiger partial charge < -0.3 is 14.6 Å². The van der Waals surface area contributed by atoms with Crippen molar-refractivity contribution in [2.45, 2.75) is 77.6 Å². The molecule has 0 radical (unpaired) electrons. The van der Waals surface area contributed by atoms with E-state index in [2.05, 4.69) is 13.8 Å². The van der Waals surface area contributed by atoms with Gasteiger partial charge in [-0.2, -0.15) is 0 Å². The largest absolute Gasteiger partial charge is 0.393 e. The van der Waals surface area contributed by atoms with E-state index in [4.69, 9.17) is 9.47 Å². The van der Waals surface area contributed by atoms with Crippen LogP contribution in [0, 0.1) is 17.8 Å². The minimum atomic E-state index is -0.0954. The Kier molecular flexibility index (Phi) is 6.79. The molecule has 2 aliphatic rings. The number of aliphatic hydroxyl groups is 1. The minimum Gasteiger partial charge on any atom is -0.393 e. The smallest absolute Gasteiger partial charge is 0.157 e. The first-order chi connectivity index (χ1) is 9.74. The summed E-state index contributed by atoms with van der Waals surface area (Å²) in [6.07, 6.45) is 9.11. The lowest BCUT2D eigenvalue weighted by molar-refractivity contribution is -0.0486. The second kappa shape index (κ2) is 8.35. The highest BCUT2D eigenvalue weighted by atomic mass is 16.7. The summed E-state index contributed by atoms with van der Waals surface area (Å²) in [7, 11) is 0. The molecule has 0 aromatic heterocycles. The molecule has 1 saturated heterocycles. The summed E-state index contributed by atoms with van der Waals surface area (Å²) in [5.41, 5.74) is 0. The first-order valence-electron chi connectivity index (χ1n) is 8.65. The summed E-state index contributed by atoms with van der Waals surface area (Å²) in [5, 5.41) is 10.5. The van der Waals surface area contributed by atoms with Crippen LogP contribution < -0.4 is 0 Å². The van der Waals surface area contributed by atoms with Crippen LogP contribution in [0.25, 0.3) is 0 Å². The number of hydrogen-bond donors (Lipinski definition) is 1. The van der Waals surface area contributed by atoms with Crippen molar-refractivity contribution in [1.82, 2.24) is 0 Å². The average molecular weight is 284 g/mol. The van der Waals surface area contributed by atoms with E-state index in [1.54, 1.807) is 0 Å². The van der Waals surface area contributed by atoms with Crippen molar-refractivity contribution in [3.8, 4) is 0 Å². The van der Waals surface area contributed by atoms with Crippen molar-refractivity contribution < 1.29 is 14.6 Å². The summed E-state index contributed by atoms with van der Waals surface area (Å²) < 4.78 is 10.9. The molecular formula is C17H32O3. The van der Waals surface area contributed by atoms with Gasteiger partial charge in [0.2, 0.25) is 0 Å². The molecule has 0 aromatic carbocycles. The second-order valence-electron chi connectivity index (χ2n) is 6.60. The topological polar surface area (TPSA) is 38.7 Å². The Hall–Kier alpha value is -0.120. The van der Waals surface area contributed by atoms with Gasteiger partial charge in [0.25, 0.3) is 0 Å². The molecule has 1 saturated carbocycles. The average Bonchev–Trinajstić information content (AvgIpc) is 3.11. The van der Waals surface area contributed by atoms with E-state index in [-0.39, 0.29) is 12.4 Å². The number of rotatable bonds is 8. The second-order valence-corrected chi connectivity index (χ2v) is 6.60. The molecule has 2 rings (SSSR count). The van der Waals surface area contributed by atoms with Crippen LogP contribution in [0.2, 0.25) is 0 Å². The highest BCUT2D eigenvalue weighted by molar-refractivity contribution is 4.86. The van der Waals surface area contributed by atoms with Gasteiger partial charge in [-0.25, -0.2) is 0 Å². The normalized spacial score (nSPS) is 32.9. The Bertz CT molecular complexity index is 263. The van der Waals surface area contributed by atoms with Gasteiger partial charge in [-0.1, -0.05) is 33.1 Å². The van der Waals surface area contributed by atoms with E-state index in [0.29, 0.717) is 5.92 Å². The predicted octanol–water partition coefficient (Wildman–Crippen LogP) is 3.74. The molecule has 0 bridgehead atoms. The van der Waals surface area contributed by atoms with E-state index in [9.17, 15) is 5.11 Å². The van der Waals surface area contributed by atoms with Gasteiger partial charge in [0.15, 0.2) is 6.29 Å². The Morgan fingerprint density at radius 3 is 2.45 bits per heavy atom. The Labute approximate surface area is 124 Å². The molecule has 3 nitrogen and oxygen atoms in total. The van der Waals surface area contributed by atoms with Crippen LogP contribution in [-0.4, -0.2) is 30.7 Å². The van der Waals surface area contributed by atoms with Gasteiger partial charge in [0, 0.05) is 0 Å².